The van der Waals surface area contributed by atoms with Crippen LogP contribution in [0.3, 0.4) is 0 Å². The molecule has 0 saturated carbocycles. The Morgan fingerprint density at radius 1 is 0.591 bits per heavy atom. The molecular formula is C20H24N2. The molecule has 0 heterocycles. The third-order valence-electron chi connectivity index (χ3n) is 3.50. The summed E-state index contributed by atoms with van der Waals surface area (Å²) in [5, 5.41) is 9.19. The molecule has 0 radical (unpaired) electrons. The molecule has 0 aliphatic rings. The third-order valence-corrected chi connectivity index (χ3v) is 3.50. The topological polar surface area (TPSA) is 24.7 Å². The van der Waals surface area contributed by atoms with Crippen molar-refractivity contribution >= 4 is 11.4 Å². The summed E-state index contributed by atoms with van der Waals surface area (Å²) in [6.07, 6.45) is 0. The van der Waals surface area contributed by atoms with E-state index in [9.17, 15) is 0 Å². The van der Waals surface area contributed by atoms with Crippen molar-refractivity contribution in [1.29, 1.82) is 0 Å². The zero-order chi connectivity index (χ0) is 15.9. The lowest BCUT2D eigenvalue weighted by atomic mass is 10.00. The highest BCUT2D eigenvalue weighted by Crippen LogP contribution is 2.13. The minimum Gasteiger partial charge on any atom is -0.154 e. The summed E-state index contributed by atoms with van der Waals surface area (Å²) >= 11 is 0. The molecule has 0 aliphatic carbocycles. The highest BCUT2D eigenvalue weighted by molar-refractivity contribution is 6.04. The molecule has 0 saturated heterocycles. The lowest BCUT2D eigenvalue weighted by Crippen LogP contribution is -2.12. The molecule has 22 heavy (non-hydrogen) atoms. The third kappa shape index (κ3) is 4.14. The highest BCUT2D eigenvalue weighted by Gasteiger charge is 2.11. The predicted octanol–water partition coefficient (Wildman–Crippen LogP) is 5.19. The van der Waals surface area contributed by atoms with Crippen LogP contribution in [-0.2, 0) is 0 Å². The van der Waals surface area contributed by atoms with Crippen LogP contribution in [-0.4, -0.2) is 11.4 Å². The van der Waals surface area contributed by atoms with Crippen molar-refractivity contribution in [3.63, 3.8) is 0 Å². The van der Waals surface area contributed by atoms with E-state index in [1.54, 1.807) is 0 Å². The summed E-state index contributed by atoms with van der Waals surface area (Å²) in [5.74, 6) is 0.658. The zero-order valence-corrected chi connectivity index (χ0v) is 13.8. The predicted molar refractivity (Wildman–Crippen MR) is 95.6 cm³/mol. The van der Waals surface area contributed by atoms with Gasteiger partial charge >= 0.3 is 0 Å². The van der Waals surface area contributed by atoms with Crippen LogP contribution in [0.25, 0.3) is 0 Å². The molecule has 0 aliphatic heterocycles. The second kappa shape index (κ2) is 7.69. The average molecular weight is 292 g/mol. The van der Waals surface area contributed by atoms with Crippen molar-refractivity contribution in [3.05, 3.63) is 71.8 Å². The Morgan fingerprint density at radius 3 is 1.18 bits per heavy atom. The summed E-state index contributed by atoms with van der Waals surface area (Å²) < 4.78 is 0. The standard InChI is InChI=1S/C20H24N2/c1-15(2)19(17-11-7-5-8-12-17)21-22-20(16(3)4)18-13-9-6-10-14-18/h5-16H,1-4H3/b21-19-,22-20-. The minimum atomic E-state index is 0.329. The van der Waals surface area contributed by atoms with E-state index in [2.05, 4.69) is 62.2 Å². The van der Waals surface area contributed by atoms with Gasteiger partial charge in [0.25, 0.3) is 0 Å². The Kier molecular flexibility index (Phi) is 5.65. The minimum absolute atomic E-state index is 0.329. The van der Waals surface area contributed by atoms with Gasteiger partial charge in [-0.25, -0.2) is 0 Å². The largest absolute Gasteiger partial charge is 0.154 e. The molecule has 0 spiro atoms. The van der Waals surface area contributed by atoms with Crippen molar-refractivity contribution in [2.75, 3.05) is 0 Å². The first-order chi connectivity index (χ1) is 10.6. The van der Waals surface area contributed by atoms with Gasteiger partial charge in [0.15, 0.2) is 0 Å². The summed E-state index contributed by atoms with van der Waals surface area (Å²) in [4.78, 5) is 0. The smallest absolute Gasteiger partial charge is 0.0728 e. The van der Waals surface area contributed by atoms with E-state index >= 15 is 0 Å². The molecule has 2 aromatic carbocycles. The fraction of sp³-hybridized carbons (Fsp3) is 0.300. The molecule has 2 nitrogen and oxygen atoms in total. The lowest BCUT2D eigenvalue weighted by Gasteiger charge is -2.11. The second-order valence-electron chi connectivity index (χ2n) is 6.01. The van der Waals surface area contributed by atoms with E-state index in [1.165, 1.54) is 0 Å². The Labute approximate surface area is 133 Å². The van der Waals surface area contributed by atoms with Gasteiger partial charge in [-0.3, -0.25) is 0 Å². The van der Waals surface area contributed by atoms with Crippen molar-refractivity contribution in [2.45, 2.75) is 27.7 Å². The highest BCUT2D eigenvalue weighted by atomic mass is 15.2. The lowest BCUT2D eigenvalue weighted by molar-refractivity contribution is 0.859. The molecule has 2 aromatic rings. The second-order valence-corrected chi connectivity index (χ2v) is 6.01. The number of hydrogen-bond acceptors (Lipinski definition) is 2. The molecule has 0 unspecified atom stereocenters. The molecule has 2 rings (SSSR count). The van der Waals surface area contributed by atoms with Crippen LogP contribution < -0.4 is 0 Å². The first-order valence-corrected chi connectivity index (χ1v) is 7.86. The van der Waals surface area contributed by atoms with Crippen LogP contribution in [0.5, 0.6) is 0 Å². The number of nitrogens with zero attached hydrogens (tertiary/aromatic N) is 2. The molecule has 0 N–H and O–H groups in total. The van der Waals surface area contributed by atoms with Gasteiger partial charge in [0.05, 0.1) is 11.4 Å². The van der Waals surface area contributed by atoms with E-state index in [0.717, 1.165) is 22.6 Å². The first kappa shape index (κ1) is 16.2. The van der Waals surface area contributed by atoms with Gasteiger partial charge in [0.1, 0.15) is 0 Å². The van der Waals surface area contributed by atoms with Gasteiger partial charge in [-0.1, -0.05) is 88.4 Å². The first-order valence-electron chi connectivity index (χ1n) is 7.86. The van der Waals surface area contributed by atoms with Crippen LogP contribution in [0.15, 0.2) is 70.9 Å². The number of hydrogen-bond donors (Lipinski definition) is 0. The maximum atomic E-state index is 4.60. The van der Waals surface area contributed by atoms with Gasteiger partial charge in [0, 0.05) is 0 Å². The quantitative estimate of drug-likeness (QED) is 0.535. The van der Waals surface area contributed by atoms with Gasteiger partial charge in [-0.05, 0) is 23.0 Å². The van der Waals surface area contributed by atoms with E-state index in [1.807, 2.05) is 36.4 Å². The maximum absolute atomic E-state index is 4.60. The normalized spacial score (nSPS) is 13.0. The summed E-state index contributed by atoms with van der Waals surface area (Å²) in [7, 11) is 0. The van der Waals surface area contributed by atoms with Gasteiger partial charge < -0.3 is 0 Å². The maximum Gasteiger partial charge on any atom is 0.0728 e. The van der Waals surface area contributed by atoms with Crippen LogP contribution in [0.2, 0.25) is 0 Å². The van der Waals surface area contributed by atoms with E-state index < -0.39 is 0 Å². The van der Waals surface area contributed by atoms with Crippen LogP contribution in [0.1, 0.15) is 38.8 Å². The summed E-state index contributed by atoms with van der Waals surface area (Å²) in [6, 6.07) is 20.6. The Hall–Kier alpha value is -2.22. The van der Waals surface area contributed by atoms with Crippen molar-refractivity contribution in [1.82, 2.24) is 0 Å². The van der Waals surface area contributed by atoms with E-state index in [-0.39, 0.29) is 0 Å². The molecule has 114 valence electrons. The van der Waals surface area contributed by atoms with Crippen molar-refractivity contribution in [2.24, 2.45) is 22.0 Å². The van der Waals surface area contributed by atoms with Gasteiger partial charge in [0.2, 0.25) is 0 Å². The SMILES string of the molecule is CC(C)/C(=N/N=C(\c1ccccc1)C(C)C)c1ccccc1. The van der Waals surface area contributed by atoms with E-state index in [0.29, 0.717) is 11.8 Å². The van der Waals surface area contributed by atoms with Crippen LogP contribution >= 0.6 is 0 Å². The van der Waals surface area contributed by atoms with Crippen molar-refractivity contribution < 1.29 is 0 Å². The van der Waals surface area contributed by atoms with Gasteiger partial charge in [-0.15, -0.1) is 0 Å². The molecule has 2 heteroatoms. The number of rotatable bonds is 5. The van der Waals surface area contributed by atoms with Gasteiger partial charge in [-0.2, -0.15) is 10.2 Å². The fourth-order valence-electron chi connectivity index (χ4n) is 2.34. The molecule has 0 fully saturated rings. The zero-order valence-electron chi connectivity index (χ0n) is 13.8. The van der Waals surface area contributed by atoms with Crippen LogP contribution in [0.4, 0.5) is 0 Å². The number of benzene rings is 2. The van der Waals surface area contributed by atoms with E-state index in [4.69, 9.17) is 0 Å². The molecule has 0 bridgehead atoms. The Bertz CT molecular complexity index is 578. The van der Waals surface area contributed by atoms with Crippen molar-refractivity contribution in [3.8, 4) is 0 Å². The summed E-state index contributed by atoms with van der Waals surface area (Å²) in [5.41, 5.74) is 4.32. The fourth-order valence-corrected chi connectivity index (χ4v) is 2.34. The Morgan fingerprint density at radius 2 is 0.909 bits per heavy atom. The molecule has 0 aromatic heterocycles. The molecular weight excluding hydrogens is 268 g/mol. The Balaban J connectivity index is 2.42. The molecule has 0 atom stereocenters. The van der Waals surface area contributed by atoms with Crippen LogP contribution in [0, 0.1) is 11.8 Å². The monoisotopic (exact) mass is 292 g/mol. The average Bonchev–Trinajstić information content (AvgIpc) is 2.52. The summed E-state index contributed by atoms with van der Waals surface area (Å²) in [6.45, 7) is 8.61. The molecule has 0 amide bonds.